The average molecular weight is 550 g/mol. The molecule has 10 heteroatoms. The van der Waals surface area contributed by atoms with E-state index in [1.165, 1.54) is 12.1 Å². The van der Waals surface area contributed by atoms with Gasteiger partial charge in [-0.2, -0.15) is 0 Å². The van der Waals surface area contributed by atoms with Gasteiger partial charge >= 0.3 is 24.1 Å². The van der Waals surface area contributed by atoms with E-state index >= 15 is 0 Å². The summed E-state index contributed by atoms with van der Waals surface area (Å²) in [4.78, 5) is 48.9. The fourth-order valence-electron chi connectivity index (χ4n) is 3.94. The Balaban J connectivity index is 2.06. The molecule has 0 bridgehead atoms. The molecule has 3 unspecified atom stereocenters. The number of hydrogen-bond donors (Lipinski definition) is 2. The minimum Gasteiger partial charge on any atom is -0.480 e. The van der Waals surface area contributed by atoms with Gasteiger partial charge < -0.3 is 29.4 Å². The number of carboxylic acid groups (broad SMARTS) is 1. The first-order valence-electron chi connectivity index (χ1n) is 13.9. The number of rotatable bonds is 14. The highest BCUT2D eigenvalue weighted by molar-refractivity contribution is 5.78. The summed E-state index contributed by atoms with van der Waals surface area (Å²) in [5.74, 6) is -2.59. The normalized spacial score (nSPS) is 16.8. The third-order valence-electron chi connectivity index (χ3n) is 6.96. The Morgan fingerprint density at radius 3 is 2.08 bits per heavy atom. The Morgan fingerprint density at radius 2 is 1.51 bits per heavy atom. The van der Waals surface area contributed by atoms with Crippen molar-refractivity contribution in [2.75, 3.05) is 6.54 Å². The number of carbonyl (C=O) groups is 4. The van der Waals surface area contributed by atoms with Gasteiger partial charge in [0.2, 0.25) is 0 Å². The first kappa shape index (κ1) is 32.1. The van der Waals surface area contributed by atoms with Crippen molar-refractivity contribution >= 4 is 24.1 Å². The van der Waals surface area contributed by atoms with Crippen LogP contribution in [0.3, 0.4) is 0 Å². The molecule has 2 rings (SSSR count). The molecule has 2 N–H and O–H groups in total. The molecule has 10 nitrogen and oxygen atoms in total. The van der Waals surface area contributed by atoms with Crippen molar-refractivity contribution in [3.8, 4) is 11.5 Å². The second kappa shape index (κ2) is 16.1. The zero-order chi connectivity index (χ0) is 28.9. The van der Waals surface area contributed by atoms with Gasteiger partial charge in [-0.1, -0.05) is 40.2 Å². The molecular weight excluding hydrogens is 506 g/mol. The summed E-state index contributed by atoms with van der Waals surface area (Å²) < 4.78 is 21.7. The maximum atomic E-state index is 12.5. The third kappa shape index (κ3) is 10.9. The van der Waals surface area contributed by atoms with Gasteiger partial charge in [0.15, 0.2) is 11.5 Å². The van der Waals surface area contributed by atoms with Crippen molar-refractivity contribution < 1.29 is 43.2 Å². The van der Waals surface area contributed by atoms with E-state index in [-0.39, 0.29) is 42.4 Å². The molecule has 1 aliphatic carbocycles. The van der Waals surface area contributed by atoms with Crippen LogP contribution in [0.15, 0.2) is 18.2 Å². The topological polar surface area (TPSA) is 137 Å². The Bertz CT molecular complexity index is 974. The molecule has 1 saturated carbocycles. The van der Waals surface area contributed by atoms with Crippen LogP contribution in [-0.4, -0.2) is 54.0 Å². The van der Waals surface area contributed by atoms with E-state index in [9.17, 15) is 24.3 Å². The molecule has 0 aliphatic heterocycles. The fraction of sp³-hybridized carbons (Fsp3) is 0.655. The molecule has 1 aromatic rings. The van der Waals surface area contributed by atoms with Crippen LogP contribution in [0.25, 0.3) is 0 Å². The molecule has 0 amide bonds. The van der Waals surface area contributed by atoms with Crippen molar-refractivity contribution in [3.63, 3.8) is 0 Å². The predicted molar refractivity (Wildman–Crippen MR) is 144 cm³/mol. The van der Waals surface area contributed by atoms with E-state index in [2.05, 4.69) is 5.32 Å². The summed E-state index contributed by atoms with van der Waals surface area (Å²) in [6.07, 6.45) is 4.54. The maximum Gasteiger partial charge on any atom is 0.508 e. The van der Waals surface area contributed by atoms with Crippen LogP contribution in [0.5, 0.6) is 11.5 Å². The van der Waals surface area contributed by atoms with Gasteiger partial charge in [-0.25, -0.2) is 4.79 Å². The number of carboxylic acids is 1. The lowest BCUT2D eigenvalue weighted by Gasteiger charge is -2.23. The molecule has 4 atom stereocenters. The van der Waals surface area contributed by atoms with Crippen molar-refractivity contribution in [2.24, 2.45) is 11.8 Å². The minimum absolute atomic E-state index is 0.0437. The number of hydrogen-bond acceptors (Lipinski definition) is 9. The van der Waals surface area contributed by atoms with Gasteiger partial charge in [-0.15, -0.1) is 0 Å². The number of carbonyl (C=O) groups excluding carboxylic acids is 3. The zero-order valence-electron chi connectivity index (χ0n) is 23.7. The van der Waals surface area contributed by atoms with E-state index in [1.807, 2.05) is 13.8 Å². The van der Waals surface area contributed by atoms with Crippen molar-refractivity contribution in [2.45, 2.75) is 104 Å². The highest BCUT2D eigenvalue weighted by atomic mass is 16.7. The first-order chi connectivity index (χ1) is 18.5. The number of nitrogens with one attached hydrogen (secondary N) is 1. The summed E-state index contributed by atoms with van der Waals surface area (Å²) >= 11 is 0. The smallest absolute Gasteiger partial charge is 0.480 e. The molecule has 1 fully saturated rings. The Morgan fingerprint density at radius 1 is 0.923 bits per heavy atom. The van der Waals surface area contributed by atoms with Gasteiger partial charge in [-0.3, -0.25) is 14.4 Å². The van der Waals surface area contributed by atoms with Crippen molar-refractivity contribution in [1.29, 1.82) is 0 Å². The van der Waals surface area contributed by atoms with E-state index in [0.717, 1.165) is 32.1 Å². The Labute approximate surface area is 230 Å². The van der Waals surface area contributed by atoms with Crippen LogP contribution < -0.4 is 14.8 Å². The van der Waals surface area contributed by atoms with Crippen LogP contribution in [0.1, 0.15) is 85.1 Å². The number of aliphatic carboxylic acids is 1. The van der Waals surface area contributed by atoms with Gasteiger partial charge in [-0.05, 0) is 69.6 Å². The first-order valence-corrected chi connectivity index (χ1v) is 13.9. The van der Waals surface area contributed by atoms with Gasteiger partial charge in [0.1, 0.15) is 18.2 Å². The lowest BCUT2D eigenvalue weighted by molar-refractivity contribution is -0.141. The second-order valence-electron chi connectivity index (χ2n) is 10.3. The van der Waals surface area contributed by atoms with Crippen LogP contribution >= 0.6 is 0 Å². The van der Waals surface area contributed by atoms with E-state index in [0.29, 0.717) is 18.4 Å². The molecule has 0 radical (unpaired) electrons. The largest absolute Gasteiger partial charge is 0.508 e. The molecule has 0 aromatic heterocycles. The average Bonchev–Trinajstić information content (AvgIpc) is 2.91. The summed E-state index contributed by atoms with van der Waals surface area (Å²) in [5.41, 5.74) is 0.551. The number of ether oxygens (including phenoxy) is 4. The molecule has 0 spiro atoms. The highest BCUT2D eigenvalue weighted by Crippen LogP contribution is 2.31. The third-order valence-corrected chi connectivity index (χ3v) is 6.96. The van der Waals surface area contributed by atoms with Crippen LogP contribution in [0.2, 0.25) is 0 Å². The quantitative estimate of drug-likeness (QED) is 0.239. The summed E-state index contributed by atoms with van der Waals surface area (Å²) in [6.45, 7) is 8.94. The SMILES string of the molecule is CCC(C)C(=O)Oc1ccc(C[C@H](NCC(C)OC(=O)OC2CCCCC2)C(=O)O)cc1OC(=O)C(C)CC. The minimum atomic E-state index is -1.10. The second-order valence-corrected chi connectivity index (χ2v) is 10.3. The summed E-state index contributed by atoms with van der Waals surface area (Å²) in [6, 6.07) is 3.62. The van der Waals surface area contributed by atoms with E-state index in [4.69, 9.17) is 18.9 Å². The molecule has 1 aliphatic rings. The molecule has 1 aromatic carbocycles. The monoisotopic (exact) mass is 549 g/mol. The zero-order valence-corrected chi connectivity index (χ0v) is 23.7. The fourth-order valence-corrected chi connectivity index (χ4v) is 3.94. The predicted octanol–water partition coefficient (Wildman–Crippen LogP) is 5.05. The lowest BCUT2D eigenvalue weighted by Crippen LogP contribution is -2.43. The molecule has 0 saturated heterocycles. The highest BCUT2D eigenvalue weighted by Gasteiger charge is 2.24. The standard InChI is InChI=1S/C29H43NO9/c1-6-18(3)27(33)38-24-14-13-21(16-25(24)39-28(34)19(4)7-2)15-23(26(31)32)30-17-20(5)36-29(35)37-22-11-9-8-10-12-22/h13-14,16,18-20,22-23,30H,6-12,15,17H2,1-5H3,(H,31,32)/t18?,19?,20?,23-/m0/s1. The number of benzene rings is 1. The summed E-state index contributed by atoms with van der Waals surface area (Å²) in [7, 11) is 0. The van der Waals surface area contributed by atoms with Crippen molar-refractivity contribution in [1.82, 2.24) is 5.32 Å². The Hall–Kier alpha value is -3.14. The maximum absolute atomic E-state index is 12.5. The van der Waals surface area contributed by atoms with Gasteiger partial charge in [0.25, 0.3) is 0 Å². The molecule has 0 heterocycles. The lowest BCUT2D eigenvalue weighted by atomic mass is 9.98. The summed E-state index contributed by atoms with van der Waals surface area (Å²) in [5, 5.41) is 12.7. The van der Waals surface area contributed by atoms with Gasteiger partial charge in [0, 0.05) is 6.54 Å². The van der Waals surface area contributed by atoms with Crippen LogP contribution in [0.4, 0.5) is 4.79 Å². The van der Waals surface area contributed by atoms with Crippen molar-refractivity contribution in [3.05, 3.63) is 23.8 Å². The molecular formula is C29H43NO9. The van der Waals surface area contributed by atoms with Crippen LogP contribution in [-0.2, 0) is 30.3 Å². The van der Waals surface area contributed by atoms with E-state index < -0.39 is 36.2 Å². The van der Waals surface area contributed by atoms with Gasteiger partial charge in [0.05, 0.1) is 11.8 Å². The van der Waals surface area contributed by atoms with Crippen LogP contribution in [0, 0.1) is 11.8 Å². The number of esters is 2. The molecule has 218 valence electrons. The van der Waals surface area contributed by atoms with E-state index in [1.54, 1.807) is 26.8 Å². The molecule has 39 heavy (non-hydrogen) atoms. The Kier molecular flexibility index (Phi) is 13.2.